The molecule has 0 atom stereocenters. The van der Waals surface area contributed by atoms with Gasteiger partial charge in [0.1, 0.15) is 5.75 Å². The van der Waals surface area contributed by atoms with E-state index in [1.54, 1.807) is 18.2 Å². The molecule has 1 amide bonds. The Labute approximate surface area is 142 Å². The molecule has 0 aliphatic heterocycles. The first-order chi connectivity index (χ1) is 11.2. The quantitative estimate of drug-likeness (QED) is 0.842. The summed E-state index contributed by atoms with van der Waals surface area (Å²) >= 11 is 5.96. The molecule has 0 aromatic heterocycles. The summed E-state index contributed by atoms with van der Waals surface area (Å²) in [5.74, 6) is 0.329. The summed E-state index contributed by atoms with van der Waals surface area (Å²) in [4.78, 5) is 14.5. The summed E-state index contributed by atoms with van der Waals surface area (Å²) < 4.78 is 5.21. The highest BCUT2D eigenvalue weighted by Crippen LogP contribution is 2.22. The van der Waals surface area contributed by atoms with Crippen LogP contribution in [0.1, 0.15) is 17.3 Å². The molecule has 0 unspecified atom stereocenters. The molecule has 0 fully saturated rings. The van der Waals surface area contributed by atoms with Crippen LogP contribution in [0.4, 0.5) is 5.69 Å². The zero-order valence-electron chi connectivity index (χ0n) is 13.4. The van der Waals surface area contributed by atoms with Gasteiger partial charge in [-0.15, -0.1) is 0 Å². The van der Waals surface area contributed by atoms with Crippen molar-refractivity contribution in [2.24, 2.45) is 0 Å². The highest BCUT2D eigenvalue weighted by molar-refractivity contribution is 6.31. The van der Waals surface area contributed by atoms with Crippen molar-refractivity contribution in [1.82, 2.24) is 5.32 Å². The van der Waals surface area contributed by atoms with E-state index in [0.29, 0.717) is 22.9 Å². The van der Waals surface area contributed by atoms with Crippen molar-refractivity contribution in [3.05, 3.63) is 59.1 Å². The first-order valence-corrected chi connectivity index (χ1v) is 7.95. The summed E-state index contributed by atoms with van der Waals surface area (Å²) in [6.45, 7) is 4.24. The van der Waals surface area contributed by atoms with Gasteiger partial charge in [0.05, 0.1) is 12.7 Å². The predicted octanol–water partition coefficient (Wildman–Crippen LogP) is 3.60. The van der Waals surface area contributed by atoms with Crippen molar-refractivity contribution >= 4 is 23.2 Å². The maximum absolute atomic E-state index is 12.3. The average molecular weight is 333 g/mol. The number of methoxy groups -OCH3 is 1. The zero-order valence-corrected chi connectivity index (χ0v) is 14.1. The highest BCUT2D eigenvalue weighted by Gasteiger charge is 2.13. The maximum atomic E-state index is 12.3. The molecule has 2 aromatic carbocycles. The number of ether oxygens (including phenoxy) is 1. The van der Waals surface area contributed by atoms with Crippen LogP contribution in [0.2, 0.25) is 5.02 Å². The summed E-state index contributed by atoms with van der Waals surface area (Å²) in [6, 6.07) is 15.1. The lowest BCUT2D eigenvalue weighted by Crippen LogP contribution is -2.35. The molecule has 0 heterocycles. The predicted molar refractivity (Wildman–Crippen MR) is 94.7 cm³/mol. The zero-order chi connectivity index (χ0) is 16.7. The molecule has 122 valence electrons. The molecule has 0 spiro atoms. The number of halogens is 1. The van der Waals surface area contributed by atoms with Crippen LogP contribution in [0.5, 0.6) is 5.75 Å². The molecule has 0 saturated heterocycles. The SMILES string of the molecule is CCN(CCNC(=O)c1cc(Cl)ccc1OC)c1ccccc1. The minimum atomic E-state index is -0.187. The van der Waals surface area contributed by atoms with Gasteiger partial charge in [0.2, 0.25) is 0 Å². The first-order valence-electron chi connectivity index (χ1n) is 7.57. The van der Waals surface area contributed by atoms with Crippen molar-refractivity contribution in [2.45, 2.75) is 6.92 Å². The van der Waals surface area contributed by atoms with Crippen LogP contribution in [0.3, 0.4) is 0 Å². The van der Waals surface area contributed by atoms with Gasteiger partial charge in [-0.05, 0) is 37.3 Å². The molecular formula is C18H21ClN2O2. The van der Waals surface area contributed by atoms with Gasteiger partial charge in [0, 0.05) is 30.3 Å². The molecule has 5 heteroatoms. The van der Waals surface area contributed by atoms with Gasteiger partial charge in [-0.2, -0.15) is 0 Å². The van der Waals surface area contributed by atoms with Gasteiger partial charge in [-0.1, -0.05) is 29.8 Å². The molecule has 2 rings (SSSR count). The van der Waals surface area contributed by atoms with Crippen LogP contribution in [-0.2, 0) is 0 Å². The number of likely N-dealkylation sites (N-methyl/N-ethyl adjacent to an activating group) is 1. The van der Waals surface area contributed by atoms with Crippen LogP contribution < -0.4 is 15.0 Å². The number of carbonyl (C=O) groups is 1. The van der Waals surface area contributed by atoms with Crippen LogP contribution in [0, 0.1) is 0 Å². The fourth-order valence-corrected chi connectivity index (χ4v) is 2.54. The molecule has 0 aliphatic rings. The Morgan fingerprint density at radius 1 is 1.22 bits per heavy atom. The Balaban J connectivity index is 1.95. The second-order valence-electron chi connectivity index (χ2n) is 5.02. The lowest BCUT2D eigenvalue weighted by molar-refractivity contribution is 0.0951. The van der Waals surface area contributed by atoms with E-state index in [-0.39, 0.29) is 5.91 Å². The lowest BCUT2D eigenvalue weighted by Gasteiger charge is -2.23. The van der Waals surface area contributed by atoms with Gasteiger partial charge in [0.25, 0.3) is 5.91 Å². The van der Waals surface area contributed by atoms with E-state index < -0.39 is 0 Å². The summed E-state index contributed by atoms with van der Waals surface area (Å²) in [5, 5.41) is 3.43. The number of anilines is 1. The minimum Gasteiger partial charge on any atom is -0.496 e. The number of benzene rings is 2. The largest absolute Gasteiger partial charge is 0.496 e. The number of amides is 1. The van der Waals surface area contributed by atoms with E-state index >= 15 is 0 Å². The molecule has 0 aliphatic carbocycles. The molecule has 1 N–H and O–H groups in total. The molecule has 0 bridgehead atoms. The fraction of sp³-hybridized carbons (Fsp3) is 0.278. The van der Waals surface area contributed by atoms with Gasteiger partial charge in [-0.25, -0.2) is 0 Å². The third-order valence-electron chi connectivity index (χ3n) is 3.58. The summed E-state index contributed by atoms with van der Waals surface area (Å²) in [5.41, 5.74) is 1.59. The third kappa shape index (κ3) is 4.63. The Morgan fingerprint density at radius 2 is 1.96 bits per heavy atom. The molecule has 4 nitrogen and oxygen atoms in total. The lowest BCUT2D eigenvalue weighted by atomic mass is 10.2. The molecular weight excluding hydrogens is 312 g/mol. The van der Waals surface area contributed by atoms with E-state index in [4.69, 9.17) is 16.3 Å². The van der Waals surface area contributed by atoms with E-state index in [2.05, 4.69) is 29.3 Å². The normalized spacial score (nSPS) is 10.2. The molecule has 0 radical (unpaired) electrons. The highest BCUT2D eigenvalue weighted by atomic mass is 35.5. The molecule has 0 saturated carbocycles. The van der Waals surface area contributed by atoms with Crippen molar-refractivity contribution in [1.29, 1.82) is 0 Å². The minimum absolute atomic E-state index is 0.187. The molecule has 2 aromatic rings. The molecule has 23 heavy (non-hydrogen) atoms. The second-order valence-corrected chi connectivity index (χ2v) is 5.45. The van der Waals surface area contributed by atoms with Crippen LogP contribution in [0.25, 0.3) is 0 Å². The Morgan fingerprint density at radius 3 is 2.61 bits per heavy atom. The number of rotatable bonds is 7. The van der Waals surface area contributed by atoms with Crippen LogP contribution in [-0.4, -0.2) is 32.7 Å². The second kappa shape index (κ2) is 8.44. The smallest absolute Gasteiger partial charge is 0.255 e. The van der Waals surface area contributed by atoms with E-state index in [9.17, 15) is 4.79 Å². The van der Waals surface area contributed by atoms with Gasteiger partial charge in [-0.3, -0.25) is 4.79 Å². The number of nitrogens with one attached hydrogen (secondary N) is 1. The van der Waals surface area contributed by atoms with Crippen molar-refractivity contribution in [3.8, 4) is 5.75 Å². The van der Waals surface area contributed by atoms with Crippen molar-refractivity contribution in [3.63, 3.8) is 0 Å². The monoisotopic (exact) mass is 332 g/mol. The Bertz CT molecular complexity index is 647. The number of para-hydroxylation sites is 1. The van der Waals surface area contributed by atoms with Gasteiger partial charge >= 0.3 is 0 Å². The fourth-order valence-electron chi connectivity index (χ4n) is 2.37. The van der Waals surface area contributed by atoms with Gasteiger partial charge in [0.15, 0.2) is 0 Å². The maximum Gasteiger partial charge on any atom is 0.255 e. The number of carbonyl (C=O) groups excluding carboxylic acids is 1. The average Bonchev–Trinajstić information content (AvgIpc) is 2.59. The van der Waals surface area contributed by atoms with E-state index in [1.807, 2.05) is 18.2 Å². The Kier molecular flexibility index (Phi) is 6.29. The van der Waals surface area contributed by atoms with Crippen molar-refractivity contribution < 1.29 is 9.53 Å². The first kappa shape index (κ1) is 17.2. The van der Waals surface area contributed by atoms with E-state index in [0.717, 1.165) is 18.8 Å². The topological polar surface area (TPSA) is 41.6 Å². The van der Waals surface area contributed by atoms with Crippen LogP contribution >= 0.6 is 11.6 Å². The number of nitrogens with zero attached hydrogens (tertiary/aromatic N) is 1. The van der Waals surface area contributed by atoms with Gasteiger partial charge < -0.3 is 15.0 Å². The third-order valence-corrected chi connectivity index (χ3v) is 3.81. The standard InChI is InChI=1S/C18H21ClN2O2/c1-3-21(15-7-5-4-6-8-15)12-11-20-18(22)16-13-14(19)9-10-17(16)23-2/h4-10,13H,3,11-12H2,1-2H3,(H,20,22). The summed E-state index contributed by atoms with van der Waals surface area (Å²) in [6.07, 6.45) is 0. The van der Waals surface area contributed by atoms with Crippen molar-refractivity contribution in [2.75, 3.05) is 31.6 Å². The number of hydrogen-bond donors (Lipinski definition) is 1. The number of hydrogen-bond acceptors (Lipinski definition) is 3. The Hall–Kier alpha value is -2.20. The summed E-state index contributed by atoms with van der Waals surface area (Å²) in [7, 11) is 1.54. The van der Waals surface area contributed by atoms with Crippen LogP contribution in [0.15, 0.2) is 48.5 Å². The van der Waals surface area contributed by atoms with E-state index in [1.165, 1.54) is 7.11 Å².